The molecule has 0 aromatic heterocycles. The molecule has 0 saturated carbocycles. The number of rotatable bonds is 11. The third-order valence-corrected chi connectivity index (χ3v) is 8.24. The SMILES string of the molecule is C=C(c1ccc(C2C=CC(CCC(CCC)CCC)=C(C#N)C2)cc1)N1CCCC(C)C1.CCC(C)(C)F. The van der Waals surface area contributed by atoms with Crippen LogP contribution >= 0.6 is 0 Å². The standard InChI is InChI=1S/C30H42N2.C5H11F/c1-5-8-25(9-6-2)11-12-28-17-18-29(20-30(28)21-31)27-15-13-26(14-16-27)24(4)32-19-7-10-23(3)22-32;1-4-5(2,3)6/h13-18,23,25,29H,4-12,19-20,22H2,1-3H3;4H2,1-3H3. The minimum absolute atomic E-state index is 0.299. The smallest absolute Gasteiger partial charge is 0.105 e. The summed E-state index contributed by atoms with van der Waals surface area (Å²) in [6.45, 7) is 18.5. The summed E-state index contributed by atoms with van der Waals surface area (Å²) in [5.74, 6) is 1.84. The molecule has 1 aliphatic heterocycles. The second-order valence-corrected chi connectivity index (χ2v) is 12.1. The molecule has 3 heteroatoms. The number of halogens is 1. The van der Waals surface area contributed by atoms with Gasteiger partial charge in [0.1, 0.15) is 5.67 Å². The van der Waals surface area contributed by atoms with Gasteiger partial charge in [-0.2, -0.15) is 5.26 Å². The zero-order valence-corrected chi connectivity index (χ0v) is 25.2. The van der Waals surface area contributed by atoms with Crippen LogP contribution in [0.2, 0.25) is 0 Å². The molecule has 1 fully saturated rings. The Bertz CT molecular complexity index is 951. The van der Waals surface area contributed by atoms with Crippen molar-refractivity contribution in [3.8, 4) is 6.07 Å². The highest BCUT2D eigenvalue weighted by Crippen LogP contribution is 2.35. The normalized spacial score (nSPS) is 19.7. The summed E-state index contributed by atoms with van der Waals surface area (Å²) in [5, 5.41) is 9.82. The van der Waals surface area contributed by atoms with Crippen molar-refractivity contribution in [2.45, 2.75) is 117 Å². The van der Waals surface area contributed by atoms with Gasteiger partial charge >= 0.3 is 0 Å². The van der Waals surface area contributed by atoms with Gasteiger partial charge < -0.3 is 4.90 Å². The van der Waals surface area contributed by atoms with Gasteiger partial charge in [-0.15, -0.1) is 0 Å². The van der Waals surface area contributed by atoms with Crippen molar-refractivity contribution in [3.05, 3.63) is 65.3 Å². The lowest BCUT2D eigenvalue weighted by atomic mass is 9.82. The fraction of sp³-hybridized carbons (Fsp3) is 0.629. The molecule has 1 aliphatic carbocycles. The van der Waals surface area contributed by atoms with Gasteiger partial charge in [0.15, 0.2) is 0 Å². The van der Waals surface area contributed by atoms with Crippen molar-refractivity contribution in [3.63, 3.8) is 0 Å². The monoisotopic (exact) mass is 520 g/mol. The third-order valence-electron chi connectivity index (χ3n) is 8.24. The van der Waals surface area contributed by atoms with Crippen molar-refractivity contribution in [1.82, 2.24) is 4.90 Å². The summed E-state index contributed by atoms with van der Waals surface area (Å²) in [4.78, 5) is 2.44. The number of nitriles is 1. The van der Waals surface area contributed by atoms with Gasteiger partial charge in [0.2, 0.25) is 0 Å². The van der Waals surface area contributed by atoms with Gasteiger partial charge in [-0.25, -0.2) is 4.39 Å². The molecule has 0 spiro atoms. The fourth-order valence-corrected chi connectivity index (χ4v) is 5.48. The van der Waals surface area contributed by atoms with Crippen molar-refractivity contribution in [2.75, 3.05) is 13.1 Å². The van der Waals surface area contributed by atoms with Gasteiger partial charge in [-0.1, -0.05) is 96.4 Å². The van der Waals surface area contributed by atoms with Gasteiger partial charge in [-0.05, 0) is 80.9 Å². The number of alkyl halides is 1. The first-order valence-electron chi connectivity index (χ1n) is 15.1. The quantitative estimate of drug-likeness (QED) is 0.290. The first kappa shape index (κ1) is 31.9. The minimum atomic E-state index is -0.958. The number of piperidine rings is 1. The number of allylic oxidation sites excluding steroid dienone is 4. The van der Waals surface area contributed by atoms with Crippen LogP contribution in [0.5, 0.6) is 0 Å². The molecule has 0 bridgehead atoms. The Labute approximate surface area is 233 Å². The average Bonchev–Trinajstić information content (AvgIpc) is 2.91. The molecule has 0 radical (unpaired) electrons. The van der Waals surface area contributed by atoms with Crippen LogP contribution in [0.4, 0.5) is 4.39 Å². The largest absolute Gasteiger partial charge is 0.371 e. The second kappa shape index (κ2) is 15.9. The average molecular weight is 521 g/mol. The minimum Gasteiger partial charge on any atom is -0.371 e. The zero-order chi connectivity index (χ0) is 28.1. The van der Waals surface area contributed by atoms with Gasteiger partial charge in [0.05, 0.1) is 6.07 Å². The van der Waals surface area contributed by atoms with Crippen LogP contribution in [0.25, 0.3) is 5.70 Å². The van der Waals surface area contributed by atoms with E-state index in [1.54, 1.807) is 13.8 Å². The van der Waals surface area contributed by atoms with Gasteiger partial charge in [0, 0.05) is 30.3 Å². The van der Waals surface area contributed by atoms with Crippen LogP contribution < -0.4 is 0 Å². The first-order valence-corrected chi connectivity index (χ1v) is 15.1. The van der Waals surface area contributed by atoms with E-state index in [2.05, 4.69) is 74.7 Å². The van der Waals surface area contributed by atoms with Crippen molar-refractivity contribution in [2.24, 2.45) is 11.8 Å². The fourth-order valence-electron chi connectivity index (χ4n) is 5.48. The van der Waals surface area contributed by atoms with Crippen LogP contribution in [0.1, 0.15) is 123 Å². The highest BCUT2D eigenvalue weighted by molar-refractivity contribution is 5.62. The number of hydrogen-bond donors (Lipinski definition) is 0. The van der Waals surface area contributed by atoms with Crippen LogP contribution in [0, 0.1) is 23.2 Å². The maximum absolute atomic E-state index is 12.1. The molecule has 0 N–H and O–H groups in total. The second-order valence-electron chi connectivity index (χ2n) is 12.1. The predicted octanol–water partition coefficient (Wildman–Crippen LogP) is 10.4. The lowest BCUT2D eigenvalue weighted by Gasteiger charge is -2.34. The van der Waals surface area contributed by atoms with E-state index in [1.165, 1.54) is 61.6 Å². The molecular formula is C35H53FN2. The zero-order valence-electron chi connectivity index (χ0n) is 25.2. The first-order chi connectivity index (χ1) is 18.1. The topological polar surface area (TPSA) is 27.0 Å². The number of hydrogen-bond acceptors (Lipinski definition) is 2. The van der Waals surface area contributed by atoms with Crippen molar-refractivity contribution >= 4 is 5.70 Å². The van der Waals surface area contributed by atoms with E-state index in [1.807, 2.05) is 6.92 Å². The van der Waals surface area contributed by atoms with E-state index in [-0.39, 0.29) is 0 Å². The van der Waals surface area contributed by atoms with Crippen molar-refractivity contribution < 1.29 is 4.39 Å². The van der Waals surface area contributed by atoms with Gasteiger partial charge in [0.25, 0.3) is 0 Å². The highest BCUT2D eigenvalue weighted by Gasteiger charge is 2.21. The maximum atomic E-state index is 12.1. The molecule has 2 unspecified atom stereocenters. The van der Waals surface area contributed by atoms with E-state index < -0.39 is 5.67 Å². The highest BCUT2D eigenvalue weighted by atomic mass is 19.1. The Hall–Kier alpha value is -2.34. The van der Waals surface area contributed by atoms with Crippen LogP contribution in [-0.2, 0) is 0 Å². The molecule has 3 rings (SSSR count). The Balaban J connectivity index is 0.000000757. The molecule has 0 amide bonds. The Morgan fingerprint density at radius 3 is 2.29 bits per heavy atom. The van der Waals surface area contributed by atoms with Crippen LogP contribution in [0.15, 0.2) is 54.1 Å². The number of likely N-dealkylation sites (tertiary alicyclic amines) is 1. The number of benzene rings is 1. The molecule has 210 valence electrons. The molecule has 1 heterocycles. The molecule has 38 heavy (non-hydrogen) atoms. The molecule has 2 atom stereocenters. The van der Waals surface area contributed by atoms with Gasteiger partial charge in [-0.3, -0.25) is 0 Å². The van der Waals surface area contributed by atoms with Crippen LogP contribution in [0.3, 0.4) is 0 Å². The molecule has 2 nitrogen and oxygen atoms in total. The molecular weight excluding hydrogens is 467 g/mol. The number of nitrogens with zero attached hydrogens (tertiary/aromatic N) is 2. The van der Waals surface area contributed by atoms with E-state index in [4.69, 9.17) is 0 Å². The summed E-state index contributed by atoms with van der Waals surface area (Å²) < 4.78 is 12.1. The summed E-state index contributed by atoms with van der Waals surface area (Å²) >= 11 is 0. The summed E-state index contributed by atoms with van der Waals surface area (Å²) in [5.41, 5.74) is 4.96. The molecule has 1 aromatic carbocycles. The lowest BCUT2D eigenvalue weighted by molar-refractivity contribution is 0.210. The lowest BCUT2D eigenvalue weighted by Crippen LogP contribution is -2.32. The molecule has 2 aliphatic rings. The molecule has 1 saturated heterocycles. The summed E-state index contributed by atoms with van der Waals surface area (Å²) in [6, 6.07) is 11.4. The van der Waals surface area contributed by atoms with Crippen molar-refractivity contribution in [1.29, 1.82) is 5.26 Å². The van der Waals surface area contributed by atoms with Crippen LogP contribution in [-0.4, -0.2) is 23.7 Å². The Morgan fingerprint density at radius 2 is 1.76 bits per heavy atom. The van der Waals surface area contributed by atoms with E-state index in [9.17, 15) is 9.65 Å². The Morgan fingerprint density at radius 1 is 1.13 bits per heavy atom. The molecule has 1 aromatic rings. The maximum Gasteiger partial charge on any atom is 0.105 e. The van der Waals surface area contributed by atoms with E-state index in [0.717, 1.165) is 49.0 Å². The predicted molar refractivity (Wildman–Crippen MR) is 163 cm³/mol. The van der Waals surface area contributed by atoms with E-state index in [0.29, 0.717) is 12.3 Å². The summed E-state index contributed by atoms with van der Waals surface area (Å²) in [7, 11) is 0. The van der Waals surface area contributed by atoms with E-state index >= 15 is 0 Å². The Kier molecular flexibility index (Phi) is 13.4. The summed E-state index contributed by atoms with van der Waals surface area (Å²) in [6.07, 6.45) is 16.0. The third kappa shape index (κ3) is 10.4.